The lowest BCUT2D eigenvalue weighted by Gasteiger charge is -2.19. The van der Waals surface area contributed by atoms with Gasteiger partial charge in [-0.3, -0.25) is 0 Å². The number of benzene rings is 2. The number of ether oxygens (including phenoxy) is 2. The predicted octanol–water partition coefficient (Wildman–Crippen LogP) is 2.69. The smallest absolute Gasteiger partial charge is 0.338 e. The molecule has 0 aliphatic heterocycles. The van der Waals surface area contributed by atoms with E-state index in [2.05, 4.69) is 0 Å². The number of nitrogens with zero attached hydrogens (tertiary/aromatic N) is 1. The minimum atomic E-state index is -3.85. The molecule has 25 heavy (non-hydrogen) atoms. The summed E-state index contributed by atoms with van der Waals surface area (Å²) in [5, 5.41) is 0. The van der Waals surface area contributed by atoms with Crippen LogP contribution in [0.15, 0.2) is 53.4 Å². The highest BCUT2D eigenvalue weighted by molar-refractivity contribution is 7.89. The third-order valence-electron chi connectivity index (χ3n) is 3.61. The number of esters is 1. The van der Waals surface area contributed by atoms with Crippen molar-refractivity contribution in [2.24, 2.45) is 0 Å². The van der Waals surface area contributed by atoms with Gasteiger partial charge in [0.1, 0.15) is 10.6 Å². The van der Waals surface area contributed by atoms with Gasteiger partial charge < -0.3 is 9.47 Å². The molecule has 6 nitrogen and oxygen atoms in total. The van der Waals surface area contributed by atoms with Crippen molar-refractivity contribution in [3.63, 3.8) is 0 Å². The minimum Gasteiger partial charge on any atom is -0.495 e. The SMILES string of the molecule is CCOC(=O)c1ccc(OC)c(S(=O)(=O)N(C)Cc2ccccc2)c1. The molecule has 0 N–H and O–H groups in total. The number of hydrogen-bond acceptors (Lipinski definition) is 5. The van der Waals surface area contributed by atoms with Crippen molar-refractivity contribution in [1.82, 2.24) is 4.31 Å². The van der Waals surface area contributed by atoms with Crippen LogP contribution in [0.1, 0.15) is 22.8 Å². The standard InChI is InChI=1S/C18H21NO5S/c1-4-24-18(20)15-10-11-16(23-3)17(12-15)25(21,22)19(2)13-14-8-6-5-7-9-14/h5-12H,4,13H2,1-3H3. The van der Waals surface area contributed by atoms with Crippen LogP contribution < -0.4 is 4.74 Å². The van der Waals surface area contributed by atoms with Crippen molar-refractivity contribution in [3.05, 3.63) is 59.7 Å². The fourth-order valence-corrected chi connectivity index (χ4v) is 3.65. The van der Waals surface area contributed by atoms with Gasteiger partial charge in [0.25, 0.3) is 0 Å². The summed E-state index contributed by atoms with van der Waals surface area (Å²) in [6.07, 6.45) is 0. The van der Waals surface area contributed by atoms with Gasteiger partial charge >= 0.3 is 5.97 Å². The van der Waals surface area contributed by atoms with E-state index in [1.807, 2.05) is 30.3 Å². The average molecular weight is 363 g/mol. The molecule has 0 heterocycles. The van der Waals surface area contributed by atoms with Gasteiger partial charge in [0.15, 0.2) is 0 Å². The molecule has 0 amide bonds. The quantitative estimate of drug-likeness (QED) is 0.707. The van der Waals surface area contributed by atoms with Gasteiger partial charge in [-0.1, -0.05) is 30.3 Å². The predicted molar refractivity (Wildman–Crippen MR) is 94.0 cm³/mol. The Labute approximate surface area is 148 Å². The Hall–Kier alpha value is -2.38. The minimum absolute atomic E-state index is 0.0704. The topological polar surface area (TPSA) is 72.9 Å². The molecule has 0 bridgehead atoms. The second-order valence-electron chi connectivity index (χ2n) is 5.33. The van der Waals surface area contributed by atoms with Gasteiger partial charge in [0.2, 0.25) is 10.0 Å². The summed E-state index contributed by atoms with van der Waals surface area (Å²) in [5.74, 6) is -0.403. The van der Waals surface area contributed by atoms with Gasteiger partial charge in [-0.2, -0.15) is 4.31 Å². The molecule has 0 saturated carbocycles. The zero-order valence-electron chi connectivity index (χ0n) is 14.4. The van der Waals surface area contributed by atoms with Gasteiger partial charge in [0, 0.05) is 13.6 Å². The number of rotatable bonds is 7. The van der Waals surface area contributed by atoms with E-state index in [9.17, 15) is 13.2 Å². The number of carbonyl (C=O) groups is 1. The summed E-state index contributed by atoms with van der Waals surface area (Å²) in [7, 11) is -0.981. The van der Waals surface area contributed by atoms with Crippen molar-refractivity contribution >= 4 is 16.0 Å². The number of hydrogen-bond donors (Lipinski definition) is 0. The monoisotopic (exact) mass is 363 g/mol. The van der Waals surface area contributed by atoms with E-state index >= 15 is 0 Å². The zero-order chi connectivity index (χ0) is 18.4. The summed E-state index contributed by atoms with van der Waals surface area (Å²) in [6, 6.07) is 13.5. The van der Waals surface area contributed by atoms with E-state index in [-0.39, 0.29) is 29.4 Å². The van der Waals surface area contributed by atoms with Gasteiger partial charge in [-0.25, -0.2) is 13.2 Å². The molecule has 0 aromatic heterocycles. The molecular weight excluding hydrogens is 342 g/mol. The largest absolute Gasteiger partial charge is 0.495 e. The van der Waals surface area contributed by atoms with Crippen LogP contribution in [-0.4, -0.2) is 39.5 Å². The fraction of sp³-hybridized carbons (Fsp3) is 0.278. The van der Waals surface area contributed by atoms with E-state index in [4.69, 9.17) is 9.47 Å². The van der Waals surface area contributed by atoms with Crippen LogP contribution in [0.4, 0.5) is 0 Å². The lowest BCUT2D eigenvalue weighted by molar-refractivity contribution is 0.0526. The average Bonchev–Trinajstić information content (AvgIpc) is 2.62. The van der Waals surface area contributed by atoms with E-state index in [0.29, 0.717) is 0 Å². The molecule has 0 radical (unpaired) electrons. The van der Waals surface area contributed by atoms with Crippen molar-refractivity contribution < 1.29 is 22.7 Å². The lowest BCUT2D eigenvalue weighted by atomic mass is 10.2. The first-order valence-corrected chi connectivity index (χ1v) is 9.19. The molecule has 0 atom stereocenters. The maximum absolute atomic E-state index is 12.9. The number of methoxy groups -OCH3 is 1. The second kappa shape index (κ2) is 8.13. The first-order chi connectivity index (χ1) is 11.9. The van der Waals surface area contributed by atoms with Gasteiger partial charge in [0.05, 0.1) is 19.3 Å². The Balaban J connectivity index is 2.39. The Bertz CT molecular complexity index is 834. The summed E-state index contributed by atoms with van der Waals surface area (Å²) < 4.78 is 37.2. The molecule has 2 aromatic rings. The Kier molecular flexibility index (Phi) is 6.17. The van der Waals surface area contributed by atoms with E-state index < -0.39 is 16.0 Å². The molecule has 0 unspecified atom stereocenters. The summed E-state index contributed by atoms with van der Waals surface area (Å²) in [6.45, 7) is 2.10. The third kappa shape index (κ3) is 4.37. The second-order valence-corrected chi connectivity index (χ2v) is 7.35. The molecule has 7 heteroatoms. The summed E-state index contributed by atoms with van der Waals surface area (Å²) in [5.41, 5.74) is 1.02. The van der Waals surface area contributed by atoms with Crippen LogP contribution in [0.2, 0.25) is 0 Å². The van der Waals surface area contributed by atoms with Crippen LogP contribution >= 0.6 is 0 Å². The zero-order valence-corrected chi connectivity index (χ0v) is 15.2. The first-order valence-electron chi connectivity index (χ1n) is 7.75. The fourth-order valence-electron chi connectivity index (χ4n) is 2.31. The van der Waals surface area contributed by atoms with Crippen LogP contribution in [0, 0.1) is 0 Å². The van der Waals surface area contributed by atoms with Crippen molar-refractivity contribution in [1.29, 1.82) is 0 Å². The highest BCUT2D eigenvalue weighted by atomic mass is 32.2. The van der Waals surface area contributed by atoms with E-state index in [1.54, 1.807) is 6.92 Å². The molecule has 2 aromatic carbocycles. The lowest BCUT2D eigenvalue weighted by Crippen LogP contribution is -2.27. The molecule has 134 valence electrons. The van der Waals surface area contributed by atoms with E-state index in [1.165, 1.54) is 36.7 Å². The molecule has 2 rings (SSSR count). The molecule has 0 aliphatic carbocycles. The third-order valence-corrected chi connectivity index (χ3v) is 5.44. The van der Waals surface area contributed by atoms with Crippen LogP contribution in [0.3, 0.4) is 0 Å². The number of carbonyl (C=O) groups excluding carboxylic acids is 1. The maximum Gasteiger partial charge on any atom is 0.338 e. The molecule has 0 saturated heterocycles. The van der Waals surface area contributed by atoms with Crippen molar-refractivity contribution in [3.8, 4) is 5.75 Å². The summed E-state index contributed by atoms with van der Waals surface area (Å²) >= 11 is 0. The highest BCUT2D eigenvalue weighted by Gasteiger charge is 2.26. The Morgan fingerprint density at radius 3 is 2.40 bits per heavy atom. The number of sulfonamides is 1. The highest BCUT2D eigenvalue weighted by Crippen LogP contribution is 2.28. The Morgan fingerprint density at radius 2 is 1.80 bits per heavy atom. The van der Waals surface area contributed by atoms with Crippen LogP contribution in [0.25, 0.3) is 0 Å². The molecule has 0 spiro atoms. The molecule has 0 fully saturated rings. The van der Waals surface area contributed by atoms with Gasteiger partial charge in [-0.15, -0.1) is 0 Å². The van der Waals surface area contributed by atoms with Gasteiger partial charge in [-0.05, 0) is 30.7 Å². The van der Waals surface area contributed by atoms with Crippen molar-refractivity contribution in [2.75, 3.05) is 20.8 Å². The first kappa shape index (κ1) is 19.0. The van der Waals surface area contributed by atoms with Crippen molar-refractivity contribution in [2.45, 2.75) is 18.4 Å². The van der Waals surface area contributed by atoms with Crippen LogP contribution in [0.5, 0.6) is 5.75 Å². The normalized spacial score (nSPS) is 11.4. The molecule has 0 aliphatic rings. The maximum atomic E-state index is 12.9. The Morgan fingerprint density at radius 1 is 1.12 bits per heavy atom. The summed E-state index contributed by atoms with van der Waals surface area (Å²) in [4.78, 5) is 11.8. The molecular formula is C18H21NO5S. The van der Waals surface area contributed by atoms with Crippen LogP contribution in [-0.2, 0) is 21.3 Å². The van der Waals surface area contributed by atoms with E-state index in [0.717, 1.165) is 5.56 Å².